The molecule has 1 aliphatic rings. The van der Waals surface area contributed by atoms with Crippen molar-refractivity contribution in [2.45, 2.75) is 18.9 Å². The van der Waals surface area contributed by atoms with E-state index in [1.807, 2.05) is 0 Å². The van der Waals surface area contributed by atoms with Crippen molar-refractivity contribution in [3.8, 4) is 11.5 Å². The fourth-order valence-corrected chi connectivity index (χ4v) is 3.27. The molecule has 0 aliphatic carbocycles. The van der Waals surface area contributed by atoms with E-state index < -0.39 is 14.9 Å². The van der Waals surface area contributed by atoms with Crippen LogP contribution in [0.25, 0.3) is 6.08 Å². The molecule has 0 amide bonds. The minimum Gasteiger partial charge on any atom is -0.490 e. The average Bonchev–Trinajstić information content (AvgIpc) is 2.68. The average molecular weight is 418 g/mol. The Labute approximate surface area is 167 Å². The molecule has 1 aromatic heterocycles. The Kier molecular flexibility index (Phi) is 5.78. The number of aromatic nitrogens is 1. The smallest absolute Gasteiger partial charge is 0.294 e. The van der Waals surface area contributed by atoms with Crippen molar-refractivity contribution in [3.05, 3.63) is 63.0 Å². The zero-order valence-electron chi connectivity index (χ0n) is 15.7. The largest absolute Gasteiger partial charge is 0.490 e. The number of ether oxygens (including phenoxy) is 2. The van der Waals surface area contributed by atoms with Gasteiger partial charge in [0.25, 0.3) is 15.7 Å². The monoisotopic (exact) mass is 418 g/mol. The summed E-state index contributed by atoms with van der Waals surface area (Å²) < 4.78 is 35.5. The normalized spacial score (nSPS) is 13.4. The third kappa shape index (κ3) is 4.69. The highest BCUT2D eigenvalue weighted by Crippen LogP contribution is 2.37. The molecule has 0 saturated heterocycles. The predicted molar refractivity (Wildman–Crippen MR) is 105 cm³/mol. The van der Waals surface area contributed by atoms with Gasteiger partial charge in [-0.3, -0.25) is 10.1 Å². The fourth-order valence-electron chi connectivity index (χ4n) is 2.55. The first-order valence-corrected chi connectivity index (χ1v) is 10.0. The summed E-state index contributed by atoms with van der Waals surface area (Å²) in [6.07, 6.45) is 4.09. The van der Waals surface area contributed by atoms with E-state index in [1.54, 1.807) is 32.0 Å². The second kappa shape index (κ2) is 8.27. The molecule has 0 atom stereocenters. The maximum absolute atomic E-state index is 12.2. The van der Waals surface area contributed by atoms with Crippen molar-refractivity contribution in [2.24, 2.45) is 5.10 Å². The molecule has 11 heteroatoms. The number of benzene rings is 1. The van der Waals surface area contributed by atoms with Crippen LogP contribution in [0.5, 0.6) is 11.5 Å². The summed E-state index contributed by atoms with van der Waals surface area (Å²) in [5, 5.41) is 14.6. The first-order chi connectivity index (χ1) is 13.8. The summed E-state index contributed by atoms with van der Waals surface area (Å²) in [6, 6.07) is 6.20. The van der Waals surface area contributed by atoms with Gasteiger partial charge in [-0.15, -0.1) is 0 Å². The van der Waals surface area contributed by atoms with Crippen LogP contribution in [-0.2, 0) is 10.0 Å². The molecule has 1 aliphatic heterocycles. The highest BCUT2D eigenvalue weighted by Gasteiger charge is 2.23. The molecule has 10 nitrogen and oxygen atoms in total. The molecule has 0 saturated carbocycles. The van der Waals surface area contributed by atoms with E-state index in [4.69, 9.17) is 9.47 Å². The Morgan fingerprint density at radius 3 is 2.86 bits per heavy atom. The molecule has 152 valence electrons. The predicted octanol–water partition coefficient (Wildman–Crippen LogP) is 2.11. The Morgan fingerprint density at radius 2 is 2.21 bits per heavy atom. The maximum atomic E-state index is 12.2. The van der Waals surface area contributed by atoms with E-state index in [-0.39, 0.29) is 17.3 Å². The highest BCUT2D eigenvalue weighted by atomic mass is 32.2. The molecule has 1 N–H and O–H groups in total. The Balaban J connectivity index is 1.87. The summed E-state index contributed by atoms with van der Waals surface area (Å²) >= 11 is 0. The highest BCUT2D eigenvalue weighted by molar-refractivity contribution is 7.89. The maximum Gasteiger partial charge on any atom is 0.294 e. The third-order valence-corrected chi connectivity index (χ3v) is 5.01. The Bertz CT molecular complexity index is 1090. The lowest BCUT2D eigenvalue weighted by atomic mass is 10.1. The molecule has 29 heavy (non-hydrogen) atoms. The van der Waals surface area contributed by atoms with Gasteiger partial charge < -0.3 is 9.47 Å². The molecule has 2 aromatic rings. The minimum absolute atomic E-state index is 0.0971. The van der Waals surface area contributed by atoms with E-state index in [2.05, 4.69) is 14.9 Å². The number of rotatable bonds is 7. The number of hydrogen-bond donors (Lipinski definition) is 1. The number of hydrogen-bond acceptors (Lipinski definition) is 8. The van der Waals surface area contributed by atoms with Crippen molar-refractivity contribution in [2.75, 3.05) is 13.2 Å². The van der Waals surface area contributed by atoms with Gasteiger partial charge in [0.05, 0.1) is 17.7 Å². The molecule has 0 spiro atoms. The lowest BCUT2D eigenvalue weighted by molar-refractivity contribution is -0.427. The van der Waals surface area contributed by atoms with Gasteiger partial charge >= 0.3 is 0 Å². The van der Waals surface area contributed by atoms with E-state index in [0.717, 1.165) is 5.56 Å². The van der Waals surface area contributed by atoms with Gasteiger partial charge in [-0.05, 0) is 43.2 Å². The van der Waals surface area contributed by atoms with Gasteiger partial charge in [-0.2, -0.15) is 18.4 Å². The van der Waals surface area contributed by atoms with Crippen molar-refractivity contribution in [1.29, 1.82) is 0 Å². The minimum atomic E-state index is -3.92. The van der Waals surface area contributed by atoms with Gasteiger partial charge in [0.2, 0.25) is 0 Å². The zero-order chi connectivity index (χ0) is 21.0. The second-order valence-corrected chi connectivity index (χ2v) is 7.69. The summed E-state index contributed by atoms with van der Waals surface area (Å²) in [5.41, 5.74) is 1.64. The van der Waals surface area contributed by atoms with Crippen molar-refractivity contribution in [3.63, 3.8) is 0 Å². The molecule has 3 rings (SSSR count). The lowest BCUT2D eigenvalue weighted by Crippen LogP contribution is -2.19. The SMILES string of the molecule is CCOc1cc(C=NNS(=O)(=O)c2ccc(C)cn2)cc2c1OCC([N+](=O)[O-])=C2. The molecule has 1 aromatic carbocycles. The zero-order valence-corrected chi connectivity index (χ0v) is 16.5. The second-order valence-electron chi connectivity index (χ2n) is 6.08. The van der Waals surface area contributed by atoms with E-state index in [9.17, 15) is 18.5 Å². The van der Waals surface area contributed by atoms with Crippen LogP contribution in [0.1, 0.15) is 23.6 Å². The van der Waals surface area contributed by atoms with Crippen LogP contribution >= 0.6 is 0 Å². The first kappa shape index (κ1) is 20.3. The number of fused-ring (bicyclic) bond motifs is 1. The Hall–Kier alpha value is -3.47. The topological polar surface area (TPSA) is 133 Å². The molecule has 0 unspecified atom stereocenters. The van der Waals surface area contributed by atoms with Crippen LogP contribution in [0, 0.1) is 17.0 Å². The molecular weight excluding hydrogens is 400 g/mol. The number of aryl methyl sites for hydroxylation is 1. The van der Waals surface area contributed by atoms with Crippen LogP contribution in [-0.4, -0.2) is 37.8 Å². The van der Waals surface area contributed by atoms with Gasteiger partial charge in [-0.25, -0.2) is 4.98 Å². The van der Waals surface area contributed by atoms with Crippen LogP contribution in [0.2, 0.25) is 0 Å². The first-order valence-electron chi connectivity index (χ1n) is 8.56. The summed E-state index contributed by atoms with van der Waals surface area (Å²) in [5.74, 6) is 0.771. The fraction of sp³-hybridized carbons (Fsp3) is 0.222. The van der Waals surface area contributed by atoms with Crippen LogP contribution < -0.4 is 14.3 Å². The van der Waals surface area contributed by atoms with Crippen LogP contribution in [0.15, 0.2) is 46.3 Å². The Morgan fingerprint density at radius 1 is 1.41 bits per heavy atom. The number of hydrazone groups is 1. The third-order valence-electron chi connectivity index (χ3n) is 3.87. The summed E-state index contributed by atoms with van der Waals surface area (Å²) in [6.45, 7) is 3.77. The standard InChI is InChI=1S/C18H18N4O6S/c1-3-27-16-7-13(6-14-8-15(22(23)24)11-28-18(14)16)10-20-21-29(25,26)17-5-4-12(2)9-19-17/h4-10,21H,3,11H2,1-2H3. The summed E-state index contributed by atoms with van der Waals surface area (Å²) in [7, 11) is -3.92. The molecule has 0 bridgehead atoms. The van der Waals surface area contributed by atoms with E-state index in [1.165, 1.54) is 24.6 Å². The quantitative estimate of drug-likeness (QED) is 0.413. The molecule has 0 fully saturated rings. The molecule has 0 radical (unpaired) electrons. The summed E-state index contributed by atoms with van der Waals surface area (Å²) in [4.78, 5) is 16.4. The number of nitrogens with zero attached hydrogens (tertiary/aromatic N) is 3. The van der Waals surface area contributed by atoms with Crippen molar-refractivity contribution < 1.29 is 22.8 Å². The number of nitrogens with one attached hydrogen (secondary N) is 1. The van der Waals surface area contributed by atoms with Crippen molar-refractivity contribution in [1.82, 2.24) is 9.82 Å². The van der Waals surface area contributed by atoms with Gasteiger partial charge in [-0.1, -0.05) is 6.07 Å². The number of nitro groups is 1. The molecule has 2 heterocycles. The van der Waals surface area contributed by atoms with Crippen LogP contribution in [0.4, 0.5) is 0 Å². The van der Waals surface area contributed by atoms with Crippen molar-refractivity contribution >= 4 is 22.3 Å². The van der Waals surface area contributed by atoms with E-state index >= 15 is 0 Å². The number of sulfonamides is 1. The van der Waals surface area contributed by atoms with E-state index in [0.29, 0.717) is 29.2 Å². The van der Waals surface area contributed by atoms with Crippen LogP contribution in [0.3, 0.4) is 0 Å². The van der Waals surface area contributed by atoms with Gasteiger partial charge in [0.1, 0.15) is 0 Å². The van der Waals surface area contributed by atoms with Gasteiger partial charge in [0, 0.05) is 17.8 Å². The lowest BCUT2D eigenvalue weighted by Gasteiger charge is -2.18. The van der Waals surface area contributed by atoms with Gasteiger partial charge in [0.15, 0.2) is 23.1 Å². The number of pyridine rings is 1. The molecular formula is C18H18N4O6S.